The SMILES string of the molecule is CC(C1CCC(C(F)F)CC1F)C(C)(C)C. The minimum absolute atomic E-state index is 0.0444. The predicted octanol–water partition coefficient (Wildman–Crippen LogP) is 4.69. The van der Waals surface area contributed by atoms with Crippen LogP contribution in [0.5, 0.6) is 0 Å². The Balaban J connectivity index is 2.60. The van der Waals surface area contributed by atoms with Crippen molar-refractivity contribution in [2.45, 2.75) is 59.6 Å². The predicted molar refractivity (Wildman–Crippen MR) is 60.4 cm³/mol. The zero-order chi connectivity index (χ0) is 12.5. The average molecular weight is 236 g/mol. The Morgan fingerprint density at radius 1 is 1.12 bits per heavy atom. The van der Waals surface area contributed by atoms with E-state index in [1.807, 2.05) is 6.92 Å². The Hall–Kier alpha value is -0.210. The van der Waals surface area contributed by atoms with Crippen molar-refractivity contribution in [3.05, 3.63) is 0 Å². The summed E-state index contributed by atoms with van der Waals surface area (Å²) in [6, 6.07) is 0. The summed E-state index contributed by atoms with van der Waals surface area (Å²) in [6.45, 7) is 8.30. The van der Waals surface area contributed by atoms with Crippen LogP contribution in [-0.4, -0.2) is 12.6 Å². The molecule has 0 aromatic carbocycles. The highest BCUT2D eigenvalue weighted by Crippen LogP contribution is 2.43. The van der Waals surface area contributed by atoms with Gasteiger partial charge < -0.3 is 0 Å². The second-order valence-corrected chi connectivity index (χ2v) is 6.24. The minimum atomic E-state index is -2.36. The Labute approximate surface area is 96.6 Å². The number of rotatable bonds is 2. The lowest BCUT2D eigenvalue weighted by Crippen LogP contribution is -2.37. The first-order valence-electron chi connectivity index (χ1n) is 6.15. The van der Waals surface area contributed by atoms with Crippen LogP contribution in [0.1, 0.15) is 47.0 Å². The van der Waals surface area contributed by atoms with E-state index in [0.29, 0.717) is 12.8 Å². The topological polar surface area (TPSA) is 0 Å². The normalized spacial score (nSPS) is 34.1. The van der Waals surface area contributed by atoms with Crippen molar-refractivity contribution in [1.29, 1.82) is 0 Å². The monoisotopic (exact) mass is 236 g/mol. The largest absolute Gasteiger partial charge is 0.247 e. The van der Waals surface area contributed by atoms with E-state index in [-0.39, 0.29) is 23.7 Å². The van der Waals surface area contributed by atoms with Gasteiger partial charge >= 0.3 is 0 Å². The van der Waals surface area contributed by atoms with Crippen molar-refractivity contribution in [3.8, 4) is 0 Å². The van der Waals surface area contributed by atoms with E-state index in [1.165, 1.54) is 0 Å². The quantitative estimate of drug-likeness (QED) is 0.652. The van der Waals surface area contributed by atoms with Crippen molar-refractivity contribution < 1.29 is 13.2 Å². The lowest BCUT2D eigenvalue weighted by Gasteiger charge is -2.40. The molecule has 1 saturated carbocycles. The van der Waals surface area contributed by atoms with Crippen LogP contribution in [0, 0.1) is 23.2 Å². The summed E-state index contributed by atoms with van der Waals surface area (Å²) in [7, 11) is 0. The van der Waals surface area contributed by atoms with Gasteiger partial charge in [0.25, 0.3) is 0 Å². The van der Waals surface area contributed by atoms with Gasteiger partial charge in [-0.3, -0.25) is 0 Å². The molecule has 0 bridgehead atoms. The molecule has 1 aliphatic rings. The third-order valence-corrected chi connectivity index (χ3v) is 4.23. The number of halogens is 3. The van der Waals surface area contributed by atoms with E-state index in [1.54, 1.807) is 0 Å². The molecular formula is C13H23F3. The van der Waals surface area contributed by atoms with E-state index in [9.17, 15) is 13.2 Å². The van der Waals surface area contributed by atoms with Crippen LogP contribution in [0.3, 0.4) is 0 Å². The second-order valence-electron chi connectivity index (χ2n) is 6.24. The van der Waals surface area contributed by atoms with Gasteiger partial charge in [-0.05, 0) is 36.5 Å². The number of alkyl halides is 3. The standard InChI is InChI=1S/C13H23F3/c1-8(13(2,3)4)10-6-5-9(12(15)16)7-11(10)14/h8-12H,5-7H2,1-4H3. The van der Waals surface area contributed by atoms with Crippen molar-refractivity contribution in [2.75, 3.05) is 0 Å². The van der Waals surface area contributed by atoms with Gasteiger partial charge in [0.05, 0.1) is 0 Å². The Bertz CT molecular complexity index is 220. The van der Waals surface area contributed by atoms with Gasteiger partial charge in [-0.1, -0.05) is 27.7 Å². The molecule has 4 unspecified atom stereocenters. The molecule has 1 aliphatic carbocycles. The van der Waals surface area contributed by atoms with Crippen molar-refractivity contribution >= 4 is 0 Å². The van der Waals surface area contributed by atoms with Gasteiger partial charge in [-0.15, -0.1) is 0 Å². The van der Waals surface area contributed by atoms with Crippen LogP contribution in [0.4, 0.5) is 13.2 Å². The fourth-order valence-electron chi connectivity index (χ4n) is 2.60. The maximum absolute atomic E-state index is 13.9. The van der Waals surface area contributed by atoms with Crippen LogP contribution in [0.2, 0.25) is 0 Å². The molecule has 16 heavy (non-hydrogen) atoms. The molecule has 0 aliphatic heterocycles. The molecule has 4 atom stereocenters. The van der Waals surface area contributed by atoms with Crippen LogP contribution in [-0.2, 0) is 0 Å². The van der Waals surface area contributed by atoms with E-state index in [0.717, 1.165) is 0 Å². The highest BCUT2D eigenvalue weighted by atomic mass is 19.3. The maximum atomic E-state index is 13.9. The molecule has 0 nitrogen and oxygen atoms in total. The Morgan fingerprint density at radius 3 is 2.06 bits per heavy atom. The highest BCUT2D eigenvalue weighted by molar-refractivity contribution is 4.87. The lowest BCUT2D eigenvalue weighted by atomic mass is 9.67. The molecule has 96 valence electrons. The molecule has 0 aromatic heterocycles. The highest BCUT2D eigenvalue weighted by Gasteiger charge is 2.40. The van der Waals surface area contributed by atoms with Gasteiger partial charge in [0.2, 0.25) is 6.43 Å². The molecule has 0 heterocycles. The van der Waals surface area contributed by atoms with Crippen molar-refractivity contribution in [3.63, 3.8) is 0 Å². The summed E-state index contributed by atoms with van der Waals surface area (Å²) in [5.74, 6) is -0.533. The fourth-order valence-corrected chi connectivity index (χ4v) is 2.60. The molecule has 0 spiro atoms. The maximum Gasteiger partial charge on any atom is 0.241 e. The third kappa shape index (κ3) is 3.14. The lowest BCUT2D eigenvalue weighted by molar-refractivity contribution is -0.0129. The Morgan fingerprint density at radius 2 is 1.69 bits per heavy atom. The van der Waals surface area contributed by atoms with Gasteiger partial charge in [-0.2, -0.15) is 0 Å². The summed E-state index contributed by atoms with van der Waals surface area (Å²) in [5, 5.41) is 0. The van der Waals surface area contributed by atoms with Gasteiger partial charge in [0.1, 0.15) is 6.17 Å². The van der Waals surface area contributed by atoms with Crippen LogP contribution in [0.25, 0.3) is 0 Å². The minimum Gasteiger partial charge on any atom is -0.247 e. The zero-order valence-corrected chi connectivity index (χ0v) is 10.6. The summed E-state index contributed by atoms with van der Waals surface area (Å²) in [5.41, 5.74) is 0.0483. The smallest absolute Gasteiger partial charge is 0.241 e. The summed E-state index contributed by atoms with van der Waals surface area (Å²) in [6.07, 6.45) is -2.29. The van der Waals surface area contributed by atoms with Crippen LogP contribution < -0.4 is 0 Å². The first-order valence-corrected chi connectivity index (χ1v) is 6.15. The molecule has 0 amide bonds. The molecular weight excluding hydrogens is 213 g/mol. The molecule has 1 rings (SSSR count). The molecule has 0 saturated heterocycles. The van der Waals surface area contributed by atoms with Gasteiger partial charge in [0, 0.05) is 5.92 Å². The van der Waals surface area contributed by atoms with Crippen LogP contribution >= 0.6 is 0 Å². The number of hydrogen-bond donors (Lipinski definition) is 0. The molecule has 1 fully saturated rings. The fraction of sp³-hybridized carbons (Fsp3) is 1.00. The third-order valence-electron chi connectivity index (χ3n) is 4.23. The first-order chi connectivity index (χ1) is 7.23. The zero-order valence-electron chi connectivity index (χ0n) is 10.6. The molecule has 0 aromatic rings. The van der Waals surface area contributed by atoms with Crippen LogP contribution in [0.15, 0.2) is 0 Å². The van der Waals surface area contributed by atoms with Crippen molar-refractivity contribution in [1.82, 2.24) is 0 Å². The number of hydrogen-bond acceptors (Lipinski definition) is 0. The van der Waals surface area contributed by atoms with E-state index in [2.05, 4.69) is 20.8 Å². The molecule has 0 radical (unpaired) electrons. The summed E-state index contributed by atoms with van der Waals surface area (Å²) in [4.78, 5) is 0. The first kappa shape index (κ1) is 13.9. The average Bonchev–Trinajstić information content (AvgIpc) is 2.15. The van der Waals surface area contributed by atoms with E-state index >= 15 is 0 Å². The molecule has 0 N–H and O–H groups in total. The van der Waals surface area contributed by atoms with Crippen molar-refractivity contribution in [2.24, 2.45) is 23.2 Å². The molecule has 3 heteroatoms. The second kappa shape index (κ2) is 4.97. The summed E-state index contributed by atoms with van der Waals surface area (Å²) < 4.78 is 38.9. The van der Waals surface area contributed by atoms with E-state index < -0.39 is 18.5 Å². The van der Waals surface area contributed by atoms with E-state index in [4.69, 9.17) is 0 Å². The summed E-state index contributed by atoms with van der Waals surface area (Å²) >= 11 is 0. The van der Waals surface area contributed by atoms with Gasteiger partial charge in [0.15, 0.2) is 0 Å². The Kier molecular flexibility index (Phi) is 4.30. The van der Waals surface area contributed by atoms with Gasteiger partial charge in [-0.25, -0.2) is 13.2 Å².